The number of thiazole rings is 1. The summed E-state index contributed by atoms with van der Waals surface area (Å²) in [6.45, 7) is 3.83. The van der Waals surface area contributed by atoms with Gasteiger partial charge in [-0.25, -0.2) is 4.90 Å². The van der Waals surface area contributed by atoms with E-state index in [-0.39, 0.29) is 29.2 Å². The standard InChI is InChI=1S/C31H26BrN3O6S2/c1-3-40-22-14-17(8-13-21(22)41-15-23(36)33-20-7-5-4-6-16(20)2)24-25-27(42-28-26(24)43-31(39)34-28)30(38)35(29(25)37)19-11-9-18(32)10-12-19/h4-14,24-25,27H,3,15H2,1-2H3,(H,33,36)(H,34,39)/t24-,25?,27?/m1/s1. The first-order chi connectivity index (χ1) is 20.7. The van der Waals surface area contributed by atoms with Gasteiger partial charge in [0.1, 0.15) is 5.25 Å². The van der Waals surface area contributed by atoms with E-state index in [1.807, 2.05) is 38.1 Å². The molecule has 0 spiro atoms. The predicted molar refractivity (Wildman–Crippen MR) is 169 cm³/mol. The summed E-state index contributed by atoms with van der Waals surface area (Å²) < 4.78 is 12.6. The number of anilines is 2. The van der Waals surface area contributed by atoms with Crippen LogP contribution in [0.4, 0.5) is 11.4 Å². The van der Waals surface area contributed by atoms with Crippen LogP contribution in [0.1, 0.15) is 28.8 Å². The number of nitrogens with one attached hydrogen (secondary N) is 2. The fourth-order valence-electron chi connectivity index (χ4n) is 5.37. The molecule has 0 saturated carbocycles. The van der Waals surface area contributed by atoms with Gasteiger partial charge in [-0.2, -0.15) is 0 Å². The number of carbonyl (C=O) groups excluding carboxylic acids is 3. The van der Waals surface area contributed by atoms with Crippen LogP contribution in [-0.2, 0) is 14.4 Å². The lowest BCUT2D eigenvalue weighted by Crippen LogP contribution is -2.32. The molecule has 4 aromatic rings. The zero-order chi connectivity index (χ0) is 30.2. The van der Waals surface area contributed by atoms with Crippen molar-refractivity contribution in [1.82, 2.24) is 4.98 Å². The Balaban J connectivity index is 1.32. The van der Waals surface area contributed by atoms with Crippen LogP contribution >= 0.6 is 39.0 Å². The van der Waals surface area contributed by atoms with Crippen LogP contribution in [0.2, 0.25) is 0 Å². The Morgan fingerprint density at radius 3 is 2.51 bits per heavy atom. The van der Waals surface area contributed by atoms with Crippen LogP contribution < -0.4 is 24.6 Å². The zero-order valence-electron chi connectivity index (χ0n) is 23.1. The van der Waals surface area contributed by atoms with Crippen LogP contribution in [-0.4, -0.2) is 41.2 Å². The normalized spacial score (nSPS) is 19.1. The molecule has 12 heteroatoms. The molecule has 1 fully saturated rings. The third-order valence-electron chi connectivity index (χ3n) is 7.31. The van der Waals surface area contributed by atoms with Crippen molar-refractivity contribution in [3.05, 3.63) is 96.9 Å². The van der Waals surface area contributed by atoms with Crippen LogP contribution in [0, 0.1) is 12.8 Å². The number of carbonyl (C=O) groups is 3. The van der Waals surface area contributed by atoms with Crippen molar-refractivity contribution in [2.75, 3.05) is 23.4 Å². The fourth-order valence-corrected chi connectivity index (χ4v) is 8.15. The molecule has 43 heavy (non-hydrogen) atoms. The number of nitrogens with zero attached hydrogens (tertiary/aromatic N) is 1. The molecule has 2 unspecified atom stereocenters. The van der Waals surface area contributed by atoms with Gasteiger partial charge in [0.15, 0.2) is 18.1 Å². The lowest BCUT2D eigenvalue weighted by atomic mass is 9.83. The molecule has 2 aliphatic rings. The molecule has 3 aromatic carbocycles. The van der Waals surface area contributed by atoms with Crippen molar-refractivity contribution in [3.8, 4) is 11.5 Å². The second-order valence-corrected chi connectivity index (χ2v) is 13.1. The molecule has 3 atom stereocenters. The number of ether oxygens (including phenoxy) is 2. The summed E-state index contributed by atoms with van der Waals surface area (Å²) in [5.74, 6) is -1.52. The van der Waals surface area contributed by atoms with Crippen LogP contribution in [0.5, 0.6) is 11.5 Å². The number of fused-ring (bicyclic) bond motifs is 2. The lowest BCUT2D eigenvalue weighted by Gasteiger charge is -2.30. The van der Waals surface area contributed by atoms with Gasteiger partial charge in [-0.05, 0) is 67.4 Å². The minimum Gasteiger partial charge on any atom is -0.490 e. The van der Waals surface area contributed by atoms with E-state index in [9.17, 15) is 19.2 Å². The number of halogens is 1. The van der Waals surface area contributed by atoms with Gasteiger partial charge in [0, 0.05) is 21.0 Å². The van der Waals surface area contributed by atoms with Gasteiger partial charge in [0.25, 0.3) is 5.91 Å². The number of hydrogen-bond donors (Lipinski definition) is 2. The monoisotopic (exact) mass is 679 g/mol. The average Bonchev–Trinajstić information content (AvgIpc) is 3.48. The second kappa shape index (κ2) is 12.0. The highest BCUT2D eigenvalue weighted by molar-refractivity contribution is 9.10. The first-order valence-corrected chi connectivity index (χ1v) is 16.0. The number of benzene rings is 3. The highest BCUT2D eigenvalue weighted by Crippen LogP contribution is 2.53. The largest absolute Gasteiger partial charge is 0.490 e. The molecule has 3 amide bonds. The van der Waals surface area contributed by atoms with Gasteiger partial charge in [0.05, 0.1) is 23.2 Å². The average molecular weight is 681 g/mol. The van der Waals surface area contributed by atoms with E-state index in [1.165, 1.54) is 16.7 Å². The van der Waals surface area contributed by atoms with Crippen molar-refractivity contribution in [3.63, 3.8) is 0 Å². The second-order valence-electron chi connectivity index (χ2n) is 10.0. The zero-order valence-corrected chi connectivity index (χ0v) is 26.3. The highest BCUT2D eigenvalue weighted by atomic mass is 79.9. The van der Waals surface area contributed by atoms with E-state index < -0.39 is 17.1 Å². The van der Waals surface area contributed by atoms with E-state index in [1.54, 1.807) is 42.5 Å². The summed E-state index contributed by atoms with van der Waals surface area (Å²) in [6, 6.07) is 19.7. The SMILES string of the molecule is CCOc1cc([C@H]2c3sc(=O)[nH]c3SC3C(=O)N(c4ccc(Br)cc4)C(=O)C32)ccc1OCC(=O)Nc1ccccc1C. The number of hydrogen-bond acceptors (Lipinski definition) is 8. The predicted octanol–water partition coefficient (Wildman–Crippen LogP) is 5.72. The molecule has 1 saturated heterocycles. The van der Waals surface area contributed by atoms with E-state index >= 15 is 0 Å². The molecule has 2 N–H and O–H groups in total. The molecule has 220 valence electrons. The Morgan fingerprint density at radius 2 is 1.77 bits per heavy atom. The number of rotatable bonds is 8. The Bertz CT molecular complexity index is 1790. The van der Waals surface area contributed by atoms with E-state index in [4.69, 9.17) is 9.47 Å². The number of para-hydroxylation sites is 1. The van der Waals surface area contributed by atoms with Crippen molar-refractivity contribution in [2.45, 2.75) is 30.0 Å². The summed E-state index contributed by atoms with van der Waals surface area (Å²) in [4.78, 5) is 57.2. The third kappa shape index (κ3) is 5.62. The number of amides is 3. The van der Waals surface area contributed by atoms with Crippen LogP contribution in [0.15, 0.2) is 81.0 Å². The van der Waals surface area contributed by atoms with Crippen LogP contribution in [0.25, 0.3) is 0 Å². The van der Waals surface area contributed by atoms with Crippen LogP contribution in [0.3, 0.4) is 0 Å². The minimum absolute atomic E-state index is 0.239. The van der Waals surface area contributed by atoms with Gasteiger partial charge in [-0.3, -0.25) is 19.2 Å². The molecule has 3 heterocycles. The molecule has 1 aromatic heterocycles. The number of thioether (sulfide) groups is 1. The Morgan fingerprint density at radius 1 is 1.00 bits per heavy atom. The third-order valence-corrected chi connectivity index (χ3v) is 10.2. The lowest BCUT2D eigenvalue weighted by molar-refractivity contribution is -0.122. The summed E-state index contributed by atoms with van der Waals surface area (Å²) >= 11 is 5.66. The molecule has 0 bridgehead atoms. The number of aromatic nitrogens is 1. The molecular weight excluding hydrogens is 654 g/mol. The maximum atomic E-state index is 14.0. The molecule has 9 nitrogen and oxygen atoms in total. The highest BCUT2D eigenvalue weighted by Gasteiger charge is 2.56. The number of aryl methyl sites for hydroxylation is 1. The Kier molecular flexibility index (Phi) is 8.17. The number of H-pyrrole nitrogens is 1. The first kappa shape index (κ1) is 29.2. The molecule has 0 radical (unpaired) electrons. The molecule has 6 rings (SSSR count). The molecule has 2 aliphatic heterocycles. The van der Waals surface area contributed by atoms with E-state index in [0.717, 1.165) is 21.4 Å². The number of imide groups is 1. The quantitative estimate of drug-likeness (QED) is 0.229. The fraction of sp³-hybridized carbons (Fsp3) is 0.226. The van der Waals surface area contributed by atoms with Crippen molar-refractivity contribution in [2.24, 2.45) is 5.92 Å². The minimum atomic E-state index is -0.735. The molecular formula is C31H26BrN3O6S2. The maximum Gasteiger partial charge on any atom is 0.305 e. The van der Waals surface area contributed by atoms with Gasteiger partial charge in [0.2, 0.25) is 11.8 Å². The van der Waals surface area contributed by atoms with Crippen molar-refractivity contribution < 1.29 is 23.9 Å². The van der Waals surface area contributed by atoms with Gasteiger partial charge in [-0.15, -0.1) is 0 Å². The summed E-state index contributed by atoms with van der Waals surface area (Å²) in [7, 11) is 0. The number of aromatic amines is 1. The summed E-state index contributed by atoms with van der Waals surface area (Å²) in [5, 5.41) is 2.72. The Hall–Kier alpha value is -3.87. The smallest absolute Gasteiger partial charge is 0.305 e. The van der Waals surface area contributed by atoms with Gasteiger partial charge < -0.3 is 19.8 Å². The summed E-state index contributed by atoms with van der Waals surface area (Å²) in [6.07, 6.45) is 0. The van der Waals surface area contributed by atoms with E-state index in [0.29, 0.717) is 44.9 Å². The van der Waals surface area contributed by atoms with Gasteiger partial charge in [-0.1, -0.05) is 63.3 Å². The summed E-state index contributed by atoms with van der Waals surface area (Å²) in [5.41, 5.74) is 2.83. The van der Waals surface area contributed by atoms with Crippen molar-refractivity contribution >= 4 is 68.1 Å². The topological polar surface area (TPSA) is 118 Å². The Labute approximate surface area is 263 Å². The van der Waals surface area contributed by atoms with Gasteiger partial charge >= 0.3 is 4.87 Å². The van der Waals surface area contributed by atoms with Crippen molar-refractivity contribution in [1.29, 1.82) is 0 Å². The molecule has 0 aliphatic carbocycles. The maximum absolute atomic E-state index is 14.0. The first-order valence-electron chi connectivity index (χ1n) is 13.5. The van der Waals surface area contributed by atoms with E-state index in [2.05, 4.69) is 26.2 Å².